The lowest BCUT2D eigenvalue weighted by molar-refractivity contribution is 0.0998. The second-order valence-corrected chi connectivity index (χ2v) is 10.00. The van der Waals surface area contributed by atoms with Gasteiger partial charge in [0.25, 0.3) is 0 Å². The van der Waals surface area contributed by atoms with Gasteiger partial charge in [0.15, 0.2) is 0 Å². The van der Waals surface area contributed by atoms with E-state index in [2.05, 4.69) is 27.3 Å². The Bertz CT molecular complexity index is 774. The van der Waals surface area contributed by atoms with Crippen molar-refractivity contribution in [2.45, 2.75) is 35.6 Å². The van der Waals surface area contributed by atoms with Crippen LogP contribution < -0.4 is 9.47 Å². The van der Waals surface area contributed by atoms with E-state index >= 15 is 0 Å². The fourth-order valence-corrected chi connectivity index (χ4v) is 5.93. The first kappa shape index (κ1) is 26.6. The molecule has 4 rings (SSSR count). The third-order valence-corrected chi connectivity index (χ3v) is 7.94. The van der Waals surface area contributed by atoms with Gasteiger partial charge >= 0.3 is 0 Å². The summed E-state index contributed by atoms with van der Waals surface area (Å²) in [7, 11) is 1.68. The Morgan fingerprint density at radius 2 is 1.90 bits per heavy atom. The average molecular weight is 508 g/mol. The molecule has 1 aromatic carbocycles. The number of nitrogens with zero attached hydrogens (tertiary/aromatic N) is 2. The fraction of sp³-hybridized carbons (Fsp3) is 0.545. The molecule has 1 fully saturated rings. The minimum absolute atomic E-state index is 0. The Morgan fingerprint density at radius 1 is 1.13 bits per heavy atom. The number of piperazine rings is 1. The maximum absolute atomic E-state index is 10.5. The molecule has 5 nitrogen and oxygen atoms in total. The Labute approximate surface area is 205 Å². The van der Waals surface area contributed by atoms with Gasteiger partial charge in [-0.25, -0.2) is 0 Å². The summed E-state index contributed by atoms with van der Waals surface area (Å²) < 4.78 is 11.1. The SMILES string of the molecule is COc1ccc2c(c1)S[C@@H](CCCN1CCN(Cc3cccs3)CC1)[C@H](O)CO2.Cl.Cl. The third kappa shape index (κ3) is 7.42. The highest BCUT2D eigenvalue weighted by atomic mass is 35.5. The van der Waals surface area contributed by atoms with E-state index in [9.17, 15) is 5.11 Å². The molecule has 2 atom stereocenters. The van der Waals surface area contributed by atoms with Crippen molar-refractivity contribution in [3.8, 4) is 11.5 Å². The standard InChI is InChI=1S/C22H30N2O3S2.2ClH/c1-26-17-6-7-20-22(14-17)29-21(19(25)16-27-20)5-2-8-23-9-11-24(12-10-23)15-18-4-3-13-28-18;;/h3-4,6-7,13-14,19,21,25H,2,5,8-12,15-16H2,1H3;2*1H/t19-,21+;;/m1../s1. The first-order chi connectivity index (χ1) is 14.2. The lowest BCUT2D eigenvalue weighted by Crippen LogP contribution is -2.46. The van der Waals surface area contributed by atoms with Gasteiger partial charge in [0.05, 0.1) is 12.0 Å². The molecule has 1 saturated heterocycles. The number of hydrogen-bond donors (Lipinski definition) is 1. The summed E-state index contributed by atoms with van der Waals surface area (Å²) in [6.45, 7) is 7.09. The number of fused-ring (bicyclic) bond motifs is 1. The number of halogens is 2. The average Bonchev–Trinajstić information content (AvgIpc) is 3.20. The zero-order valence-corrected chi connectivity index (χ0v) is 21.0. The highest BCUT2D eigenvalue weighted by Gasteiger charge is 2.27. The quantitative estimate of drug-likeness (QED) is 0.599. The molecular weight excluding hydrogens is 475 g/mol. The summed E-state index contributed by atoms with van der Waals surface area (Å²) in [6, 6.07) is 10.2. The summed E-state index contributed by atoms with van der Waals surface area (Å²) in [5.74, 6) is 1.68. The van der Waals surface area contributed by atoms with Crippen LogP contribution in [-0.2, 0) is 6.54 Å². The van der Waals surface area contributed by atoms with Crippen LogP contribution in [0.15, 0.2) is 40.6 Å². The van der Waals surface area contributed by atoms with Gasteiger partial charge in [-0.05, 0) is 49.0 Å². The van der Waals surface area contributed by atoms with Crippen molar-refractivity contribution in [3.63, 3.8) is 0 Å². The molecule has 0 radical (unpaired) electrons. The van der Waals surface area contributed by atoms with Gasteiger partial charge in [0.2, 0.25) is 0 Å². The summed E-state index contributed by atoms with van der Waals surface area (Å²) >= 11 is 3.57. The van der Waals surface area contributed by atoms with Gasteiger partial charge in [-0.3, -0.25) is 4.90 Å². The molecule has 2 aliphatic heterocycles. The van der Waals surface area contributed by atoms with Crippen molar-refractivity contribution in [1.82, 2.24) is 9.80 Å². The van der Waals surface area contributed by atoms with E-state index in [1.165, 1.54) is 4.88 Å². The molecule has 2 aromatic rings. The lowest BCUT2D eigenvalue weighted by Gasteiger charge is -2.34. The number of ether oxygens (including phenoxy) is 2. The van der Waals surface area contributed by atoms with Crippen molar-refractivity contribution >= 4 is 47.9 Å². The van der Waals surface area contributed by atoms with Gasteiger partial charge < -0.3 is 19.5 Å². The van der Waals surface area contributed by atoms with Crippen LogP contribution in [0, 0.1) is 0 Å². The highest BCUT2D eigenvalue weighted by molar-refractivity contribution is 8.00. The molecule has 1 N–H and O–H groups in total. The molecule has 2 aliphatic rings. The van der Waals surface area contributed by atoms with Crippen LogP contribution in [0.2, 0.25) is 0 Å². The Balaban J connectivity index is 0.00000171. The predicted octanol–water partition coefficient (Wildman–Crippen LogP) is 4.41. The van der Waals surface area contributed by atoms with E-state index in [4.69, 9.17) is 9.47 Å². The monoisotopic (exact) mass is 506 g/mol. The van der Waals surface area contributed by atoms with Crippen molar-refractivity contribution in [2.24, 2.45) is 0 Å². The molecule has 0 spiro atoms. The van der Waals surface area contributed by atoms with Crippen LogP contribution in [0.3, 0.4) is 0 Å². The molecule has 9 heteroatoms. The van der Waals surface area contributed by atoms with Crippen molar-refractivity contribution in [2.75, 3.05) is 46.4 Å². The van der Waals surface area contributed by atoms with Gasteiger partial charge in [-0.2, -0.15) is 0 Å². The van der Waals surface area contributed by atoms with E-state index < -0.39 is 6.10 Å². The summed E-state index contributed by atoms with van der Waals surface area (Å²) in [5.41, 5.74) is 0. The third-order valence-electron chi connectivity index (χ3n) is 5.66. The number of methoxy groups -OCH3 is 1. The molecule has 0 amide bonds. The summed E-state index contributed by atoms with van der Waals surface area (Å²) in [6.07, 6.45) is 1.64. The van der Waals surface area contributed by atoms with Gasteiger partial charge in [0, 0.05) is 42.9 Å². The minimum atomic E-state index is -0.443. The topological polar surface area (TPSA) is 45.2 Å². The molecule has 0 saturated carbocycles. The summed E-state index contributed by atoms with van der Waals surface area (Å²) in [5, 5.41) is 12.9. The Kier molecular flexibility index (Phi) is 11.3. The molecule has 31 heavy (non-hydrogen) atoms. The molecule has 3 heterocycles. The minimum Gasteiger partial charge on any atom is -0.497 e. The van der Waals surface area contributed by atoms with Crippen LogP contribution >= 0.6 is 47.9 Å². The van der Waals surface area contributed by atoms with Crippen LogP contribution in [0.4, 0.5) is 0 Å². The van der Waals surface area contributed by atoms with Crippen LogP contribution in [-0.4, -0.2) is 72.7 Å². The van der Waals surface area contributed by atoms with E-state index in [1.54, 1.807) is 18.9 Å². The maximum atomic E-state index is 10.5. The van der Waals surface area contributed by atoms with Crippen molar-refractivity contribution in [1.29, 1.82) is 0 Å². The first-order valence-electron chi connectivity index (χ1n) is 10.3. The second kappa shape index (κ2) is 13.1. The fourth-order valence-electron chi connectivity index (χ4n) is 3.91. The number of thioether (sulfide) groups is 1. The van der Waals surface area contributed by atoms with E-state index in [0.717, 1.165) is 68.5 Å². The van der Waals surface area contributed by atoms with Crippen LogP contribution in [0.5, 0.6) is 11.5 Å². The number of benzene rings is 1. The number of thiophene rings is 1. The van der Waals surface area contributed by atoms with E-state index in [1.807, 2.05) is 29.5 Å². The largest absolute Gasteiger partial charge is 0.497 e. The first-order valence-corrected chi connectivity index (χ1v) is 12.1. The number of rotatable bonds is 7. The number of aliphatic hydroxyl groups is 1. The Morgan fingerprint density at radius 3 is 2.61 bits per heavy atom. The van der Waals surface area contributed by atoms with E-state index in [0.29, 0.717) is 6.61 Å². The van der Waals surface area contributed by atoms with Gasteiger partial charge in [0.1, 0.15) is 24.2 Å². The van der Waals surface area contributed by atoms with Crippen molar-refractivity contribution < 1.29 is 14.6 Å². The molecule has 0 aliphatic carbocycles. The smallest absolute Gasteiger partial charge is 0.133 e. The maximum Gasteiger partial charge on any atom is 0.133 e. The molecular formula is C22H32Cl2N2O3S2. The number of hydrogen-bond acceptors (Lipinski definition) is 7. The van der Waals surface area contributed by atoms with Crippen molar-refractivity contribution in [3.05, 3.63) is 40.6 Å². The molecule has 0 bridgehead atoms. The molecule has 0 unspecified atom stereocenters. The molecule has 1 aromatic heterocycles. The van der Waals surface area contributed by atoms with Gasteiger partial charge in [-0.15, -0.1) is 47.9 Å². The summed E-state index contributed by atoms with van der Waals surface area (Å²) in [4.78, 5) is 7.63. The number of aliphatic hydroxyl groups excluding tert-OH is 1. The van der Waals surface area contributed by atoms with Crippen LogP contribution in [0.25, 0.3) is 0 Å². The van der Waals surface area contributed by atoms with Crippen LogP contribution in [0.1, 0.15) is 17.7 Å². The zero-order valence-electron chi connectivity index (χ0n) is 17.8. The van der Waals surface area contributed by atoms with Gasteiger partial charge in [-0.1, -0.05) is 6.07 Å². The molecule has 174 valence electrons. The Hall–Kier alpha value is -0.670. The second-order valence-electron chi connectivity index (χ2n) is 7.69. The zero-order chi connectivity index (χ0) is 20.1. The normalized spacial score (nSPS) is 21.7. The highest BCUT2D eigenvalue weighted by Crippen LogP contribution is 2.40. The lowest BCUT2D eigenvalue weighted by atomic mass is 10.1. The van der Waals surface area contributed by atoms with E-state index in [-0.39, 0.29) is 30.1 Å². The predicted molar refractivity (Wildman–Crippen MR) is 134 cm³/mol.